The van der Waals surface area contributed by atoms with Crippen molar-refractivity contribution in [3.8, 4) is 5.75 Å². The molecule has 23 heavy (non-hydrogen) atoms. The van der Waals surface area contributed by atoms with Crippen LogP contribution in [0.25, 0.3) is 0 Å². The van der Waals surface area contributed by atoms with E-state index in [1.165, 1.54) is 11.1 Å². The van der Waals surface area contributed by atoms with Crippen LogP contribution in [0.3, 0.4) is 0 Å². The molecule has 0 spiro atoms. The average Bonchev–Trinajstić information content (AvgIpc) is 2.45. The van der Waals surface area contributed by atoms with E-state index in [1.807, 2.05) is 45.0 Å². The van der Waals surface area contributed by atoms with E-state index in [9.17, 15) is 4.79 Å². The highest BCUT2D eigenvalue weighted by atomic mass is 16.5. The first-order valence-electron chi connectivity index (χ1n) is 7.98. The lowest BCUT2D eigenvalue weighted by Gasteiger charge is -2.13. The average molecular weight is 311 g/mol. The minimum atomic E-state index is 0.0246. The molecule has 0 atom stereocenters. The van der Waals surface area contributed by atoms with Gasteiger partial charge in [0.2, 0.25) is 5.91 Å². The van der Waals surface area contributed by atoms with Gasteiger partial charge in [-0.15, -0.1) is 0 Å². The van der Waals surface area contributed by atoms with Gasteiger partial charge in [-0.1, -0.05) is 47.5 Å². The van der Waals surface area contributed by atoms with Crippen LogP contribution in [-0.2, 0) is 11.2 Å². The normalized spacial score (nSPS) is 10.4. The molecule has 0 radical (unpaired) electrons. The Morgan fingerprint density at radius 2 is 1.70 bits per heavy atom. The SMILES string of the molecule is Cc1cccc(CC(=O)NCCOc2c(C)cc(C)cc2C)c1. The number of benzene rings is 2. The molecule has 3 heteroatoms. The van der Waals surface area contributed by atoms with Gasteiger partial charge in [-0.2, -0.15) is 0 Å². The van der Waals surface area contributed by atoms with Gasteiger partial charge in [0.05, 0.1) is 13.0 Å². The Bertz CT molecular complexity index is 669. The summed E-state index contributed by atoms with van der Waals surface area (Å²) in [6.45, 7) is 9.19. The maximum atomic E-state index is 11.9. The molecule has 0 unspecified atom stereocenters. The predicted octanol–water partition coefficient (Wildman–Crippen LogP) is 3.66. The van der Waals surface area contributed by atoms with E-state index < -0.39 is 0 Å². The van der Waals surface area contributed by atoms with E-state index in [-0.39, 0.29) is 5.91 Å². The lowest BCUT2D eigenvalue weighted by molar-refractivity contribution is -0.120. The molecule has 2 aromatic rings. The third-order valence-electron chi connectivity index (χ3n) is 3.72. The zero-order chi connectivity index (χ0) is 16.8. The van der Waals surface area contributed by atoms with E-state index >= 15 is 0 Å². The molecule has 2 aromatic carbocycles. The van der Waals surface area contributed by atoms with Gasteiger partial charge >= 0.3 is 0 Å². The summed E-state index contributed by atoms with van der Waals surface area (Å²) in [5, 5.41) is 2.91. The van der Waals surface area contributed by atoms with Gasteiger partial charge in [0.1, 0.15) is 12.4 Å². The number of hydrogen-bond acceptors (Lipinski definition) is 2. The Labute approximate surface area is 138 Å². The van der Waals surface area contributed by atoms with Crippen LogP contribution in [0.2, 0.25) is 0 Å². The van der Waals surface area contributed by atoms with Crippen LogP contribution in [0, 0.1) is 27.7 Å². The second-order valence-corrected chi connectivity index (χ2v) is 6.09. The molecule has 3 nitrogen and oxygen atoms in total. The van der Waals surface area contributed by atoms with E-state index in [1.54, 1.807) is 0 Å². The van der Waals surface area contributed by atoms with Crippen LogP contribution in [0.15, 0.2) is 36.4 Å². The zero-order valence-corrected chi connectivity index (χ0v) is 14.4. The highest BCUT2D eigenvalue weighted by molar-refractivity contribution is 5.78. The lowest BCUT2D eigenvalue weighted by Crippen LogP contribution is -2.29. The molecule has 0 fully saturated rings. The summed E-state index contributed by atoms with van der Waals surface area (Å²) < 4.78 is 5.83. The standard InChI is InChI=1S/C20H25NO2/c1-14-6-5-7-18(12-14)13-19(22)21-8-9-23-20-16(3)10-15(2)11-17(20)4/h5-7,10-12H,8-9,13H2,1-4H3,(H,21,22). The molecule has 0 bridgehead atoms. The van der Waals surface area contributed by atoms with Crippen molar-refractivity contribution in [3.05, 3.63) is 64.2 Å². The smallest absolute Gasteiger partial charge is 0.224 e. The second-order valence-electron chi connectivity index (χ2n) is 6.09. The fraction of sp³-hybridized carbons (Fsp3) is 0.350. The molecule has 0 aliphatic carbocycles. The molecule has 0 saturated carbocycles. The quantitative estimate of drug-likeness (QED) is 0.827. The molecular formula is C20H25NO2. The van der Waals surface area contributed by atoms with E-state index in [2.05, 4.69) is 24.4 Å². The van der Waals surface area contributed by atoms with Crippen molar-refractivity contribution in [2.45, 2.75) is 34.1 Å². The largest absolute Gasteiger partial charge is 0.491 e. The highest BCUT2D eigenvalue weighted by Gasteiger charge is 2.06. The third kappa shape index (κ3) is 5.13. The Kier molecular flexibility index (Phi) is 5.80. The fourth-order valence-corrected chi connectivity index (χ4v) is 2.81. The summed E-state index contributed by atoms with van der Waals surface area (Å²) in [6.07, 6.45) is 0.407. The van der Waals surface area contributed by atoms with E-state index in [0.29, 0.717) is 19.6 Å². The van der Waals surface area contributed by atoms with E-state index in [4.69, 9.17) is 4.74 Å². The van der Waals surface area contributed by atoms with Crippen molar-refractivity contribution in [2.75, 3.05) is 13.2 Å². The van der Waals surface area contributed by atoms with Crippen LogP contribution < -0.4 is 10.1 Å². The van der Waals surface area contributed by atoms with Gasteiger partial charge in [-0.25, -0.2) is 0 Å². The van der Waals surface area contributed by atoms with Crippen LogP contribution in [0.4, 0.5) is 0 Å². The molecule has 1 amide bonds. The van der Waals surface area contributed by atoms with Crippen molar-refractivity contribution in [1.82, 2.24) is 5.32 Å². The third-order valence-corrected chi connectivity index (χ3v) is 3.72. The molecule has 0 aliphatic rings. The monoisotopic (exact) mass is 311 g/mol. The predicted molar refractivity (Wildman–Crippen MR) is 94.0 cm³/mol. The van der Waals surface area contributed by atoms with Crippen LogP contribution in [-0.4, -0.2) is 19.1 Å². The molecule has 0 aliphatic heterocycles. The lowest BCUT2D eigenvalue weighted by atomic mass is 10.1. The number of hydrogen-bond donors (Lipinski definition) is 1. The molecule has 1 N–H and O–H groups in total. The van der Waals surface area contributed by atoms with Gasteiger partial charge < -0.3 is 10.1 Å². The fourth-order valence-electron chi connectivity index (χ4n) is 2.81. The summed E-state index contributed by atoms with van der Waals surface area (Å²) in [7, 11) is 0. The number of ether oxygens (including phenoxy) is 1. The van der Waals surface area contributed by atoms with Gasteiger partial charge in [0, 0.05) is 0 Å². The Morgan fingerprint density at radius 1 is 1.00 bits per heavy atom. The number of amides is 1. The van der Waals surface area contributed by atoms with Crippen LogP contribution in [0.1, 0.15) is 27.8 Å². The summed E-state index contributed by atoms with van der Waals surface area (Å²) in [4.78, 5) is 11.9. The number of nitrogens with one attached hydrogen (secondary N) is 1. The highest BCUT2D eigenvalue weighted by Crippen LogP contribution is 2.24. The van der Waals surface area contributed by atoms with Crippen LogP contribution >= 0.6 is 0 Å². The molecular weight excluding hydrogens is 286 g/mol. The van der Waals surface area contributed by atoms with E-state index in [0.717, 1.165) is 22.4 Å². The summed E-state index contributed by atoms with van der Waals surface area (Å²) >= 11 is 0. The number of carbonyl (C=O) groups is 1. The molecule has 0 aromatic heterocycles. The van der Waals surface area contributed by atoms with Crippen LogP contribution in [0.5, 0.6) is 5.75 Å². The van der Waals surface area contributed by atoms with Crippen molar-refractivity contribution < 1.29 is 9.53 Å². The van der Waals surface area contributed by atoms with Gasteiger partial charge in [0.15, 0.2) is 0 Å². The molecule has 0 saturated heterocycles. The molecule has 122 valence electrons. The first-order valence-corrected chi connectivity index (χ1v) is 7.98. The number of carbonyl (C=O) groups excluding carboxylic acids is 1. The van der Waals surface area contributed by atoms with Crippen molar-refractivity contribution >= 4 is 5.91 Å². The van der Waals surface area contributed by atoms with Crippen molar-refractivity contribution in [3.63, 3.8) is 0 Å². The minimum absolute atomic E-state index is 0.0246. The van der Waals surface area contributed by atoms with Gasteiger partial charge in [-0.05, 0) is 44.4 Å². The van der Waals surface area contributed by atoms with Gasteiger partial charge in [0.25, 0.3) is 0 Å². The molecule has 0 heterocycles. The summed E-state index contributed by atoms with van der Waals surface area (Å²) in [5.74, 6) is 0.945. The Balaban J connectivity index is 1.78. The molecule has 2 rings (SSSR count). The van der Waals surface area contributed by atoms with Crippen molar-refractivity contribution in [2.24, 2.45) is 0 Å². The first-order chi connectivity index (χ1) is 11.0. The Morgan fingerprint density at radius 3 is 2.35 bits per heavy atom. The zero-order valence-electron chi connectivity index (χ0n) is 14.4. The Hall–Kier alpha value is -2.29. The first kappa shape index (κ1) is 17.1. The van der Waals surface area contributed by atoms with Crippen molar-refractivity contribution in [1.29, 1.82) is 0 Å². The summed E-state index contributed by atoms with van der Waals surface area (Å²) in [6, 6.07) is 12.2. The summed E-state index contributed by atoms with van der Waals surface area (Å²) in [5.41, 5.74) is 5.71. The second kappa shape index (κ2) is 7.82. The minimum Gasteiger partial charge on any atom is -0.491 e. The topological polar surface area (TPSA) is 38.3 Å². The maximum absolute atomic E-state index is 11.9. The van der Waals surface area contributed by atoms with Gasteiger partial charge in [-0.3, -0.25) is 4.79 Å². The number of aryl methyl sites for hydroxylation is 4. The maximum Gasteiger partial charge on any atom is 0.224 e. The number of rotatable bonds is 6.